The lowest BCUT2D eigenvalue weighted by Gasteiger charge is -2.19. The fourth-order valence-electron chi connectivity index (χ4n) is 1.95. The summed E-state index contributed by atoms with van der Waals surface area (Å²) in [5.74, 6) is 2.77. The van der Waals surface area contributed by atoms with E-state index in [1.54, 1.807) is 21.6 Å². The van der Waals surface area contributed by atoms with Crippen LogP contribution < -0.4 is 5.32 Å². The zero-order valence-corrected chi connectivity index (χ0v) is 15.8. The first-order chi connectivity index (χ1) is 10.3. The highest BCUT2D eigenvalue weighted by molar-refractivity contribution is 8.76. The number of hydrogen-bond donors (Lipinski definition) is 1. The Labute approximate surface area is 145 Å². The summed E-state index contributed by atoms with van der Waals surface area (Å²) < 4.78 is 5.14. The van der Waals surface area contributed by atoms with E-state index in [1.807, 2.05) is 25.7 Å². The molecule has 0 aliphatic carbocycles. The van der Waals surface area contributed by atoms with Crippen LogP contribution in [0, 0.1) is 5.92 Å². The summed E-state index contributed by atoms with van der Waals surface area (Å²) in [6.07, 6.45) is 0.203. The van der Waals surface area contributed by atoms with E-state index in [4.69, 9.17) is 16.3 Å². The van der Waals surface area contributed by atoms with Crippen molar-refractivity contribution in [3.05, 3.63) is 0 Å². The van der Waals surface area contributed by atoms with Crippen molar-refractivity contribution in [3.8, 4) is 0 Å². The van der Waals surface area contributed by atoms with Crippen LogP contribution in [0.25, 0.3) is 0 Å². The van der Waals surface area contributed by atoms with Crippen LogP contribution in [0.3, 0.4) is 0 Å². The second kappa shape index (κ2) is 9.78. The van der Waals surface area contributed by atoms with Crippen molar-refractivity contribution in [1.82, 2.24) is 10.2 Å². The first kappa shape index (κ1) is 19.8. The Morgan fingerprint density at radius 3 is 2.68 bits per heavy atom. The molecule has 0 bridgehead atoms. The van der Waals surface area contributed by atoms with Gasteiger partial charge in [-0.3, -0.25) is 4.79 Å². The molecule has 0 aromatic carbocycles. The van der Waals surface area contributed by atoms with E-state index in [0.717, 1.165) is 24.6 Å². The van der Waals surface area contributed by atoms with Gasteiger partial charge in [0, 0.05) is 43.4 Å². The van der Waals surface area contributed by atoms with Crippen molar-refractivity contribution in [2.45, 2.75) is 32.8 Å². The fourth-order valence-corrected chi connectivity index (χ4v) is 4.05. The Balaban J connectivity index is 1.98. The van der Waals surface area contributed by atoms with Gasteiger partial charge in [0.2, 0.25) is 5.91 Å². The van der Waals surface area contributed by atoms with Crippen molar-refractivity contribution in [3.63, 3.8) is 0 Å². The van der Waals surface area contributed by atoms with Crippen molar-refractivity contribution in [1.29, 1.82) is 0 Å². The standard InChI is InChI=1S/C14H25ClN2O3S2/c1-14(2,3)20-13(19)16-4-6-21-22-7-5-17-10-11(9-15)8-12(17)18/h11H,4-10H2,1-3H3,(H,16,19). The second-order valence-electron chi connectivity index (χ2n) is 6.14. The smallest absolute Gasteiger partial charge is 0.407 e. The molecule has 22 heavy (non-hydrogen) atoms. The van der Waals surface area contributed by atoms with Crippen molar-refractivity contribution in [2.24, 2.45) is 5.92 Å². The third-order valence-electron chi connectivity index (χ3n) is 2.89. The predicted octanol–water partition coefficient (Wildman–Crippen LogP) is 2.98. The largest absolute Gasteiger partial charge is 0.444 e. The second-order valence-corrected chi connectivity index (χ2v) is 9.15. The lowest BCUT2D eigenvalue weighted by atomic mass is 10.2. The molecule has 1 saturated heterocycles. The number of alkyl carbamates (subject to hydrolysis) is 1. The Morgan fingerprint density at radius 1 is 1.41 bits per heavy atom. The summed E-state index contributed by atoms with van der Waals surface area (Å²) in [5.41, 5.74) is -0.463. The Kier molecular flexibility index (Phi) is 8.79. The van der Waals surface area contributed by atoms with E-state index in [1.165, 1.54) is 0 Å². The molecule has 0 spiro atoms. The molecule has 0 aromatic heterocycles. The zero-order valence-electron chi connectivity index (χ0n) is 13.4. The van der Waals surface area contributed by atoms with Crippen molar-refractivity contribution < 1.29 is 14.3 Å². The van der Waals surface area contributed by atoms with Gasteiger partial charge in [0.1, 0.15) is 5.60 Å². The number of halogens is 1. The summed E-state index contributed by atoms with van der Waals surface area (Å²) in [5, 5.41) is 2.72. The van der Waals surface area contributed by atoms with Gasteiger partial charge in [-0.05, 0) is 26.7 Å². The van der Waals surface area contributed by atoms with E-state index < -0.39 is 5.60 Å². The molecule has 2 amide bonds. The van der Waals surface area contributed by atoms with Gasteiger partial charge in [-0.2, -0.15) is 0 Å². The van der Waals surface area contributed by atoms with Gasteiger partial charge in [-0.1, -0.05) is 21.6 Å². The maximum atomic E-state index is 11.7. The highest BCUT2D eigenvalue weighted by atomic mass is 35.5. The Morgan fingerprint density at radius 2 is 2.09 bits per heavy atom. The normalized spacial score (nSPS) is 18.6. The molecule has 0 radical (unpaired) electrons. The van der Waals surface area contributed by atoms with Crippen LogP contribution in [0.15, 0.2) is 0 Å². The number of rotatable bonds is 8. The molecule has 5 nitrogen and oxygen atoms in total. The van der Waals surface area contributed by atoms with Gasteiger partial charge in [0.15, 0.2) is 0 Å². The summed E-state index contributed by atoms with van der Waals surface area (Å²) in [6, 6.07) is 0. The van der Waals surface area contributed by atoms with Gasteiger partial charge in [0.25, 0.3) is 0 Å². The predicted molar refractivity (Wildman–Crippen MR) is 94.6 cm³/mol. The molecule has 1 atom stereocenters. The molecular weight excluding hydrogens is 344 g/mol. The van der Waals surface area contributed by atoms with E-state index >= 15 is 0 Å². The molecule has 128 valence electrons. The molecule has 8 heteroatoms. The molecule has 1 unspecified atom stereocenters. The Hall–Kier alpha value is -0.270. The number of amides is 2. The molecule has 0 aromatic rings. The topological polar surface area (TPSA) is 58.6 Å². The average Bonchev–Trinajstić information content (AvgIpc) is 2.76. The number of carbonyl (C=O) groups excluding carboxylic acids is 2. The van der Waals surface area contributed by atoms with Crippen LogP contribution in [0.4, 0.5) is 4.79 Å². The van der Waals surface area contributed by atoms with E-state index in [2.05, 4.69) is 5.32 Å². The number of hydrogen-bond acceptors (Lipinski definition) is 5. The van der Waals surface area contributed by atoms with Crippen LogP contribution in [0.5, 0.6) is 0 Å². The quantitative estimate of drug-likeness (QED) is 0.405. The van der Waals surface area contributed by atoms with Crippen LogP contribution >= 0.6 is 33.2 Å². The van der Waals surface area contributed by atoms with Crippen molar-refractivity contribution >= 4 is 45.2 Å². The van der Waals surface area contributed by atoms with E-state index in [-0.39, 0.29) is 12.0 Å². The summed E-state index contributed by atoms with van der Waals surface area (Å²) in [7, 11) is 3.40. The first-order valence-corrected chi connectivity index (χ1v) is 10.4. The molecule has 1 fully saturated rings. The van der Waals surface area contributed by atoms with Gasteiger partial charge in [-0.25, -0.2) is 4.79 Å². The Bertz CT molecular complexity index is 378. The van der Waals surface area contributed by atoms with E-state index in [0.29, 0.717) is 24.8 Å². The van der Waals surface area contributed by atoms with Gasteiger partial charge in [0.05, 0.1) is 0 Å². The molecular formula is C14H25ClN2O3S2. The maximum Gasteiger partial charge on any atom is 0.407 e. The molecule has 1 aliphatic rings. The van der Waals surface area contributed by atoms with Crippen LogP contribution in [-0.4, -0.2) is 59.5 Å². The maximum absolute atomic E-state index is 11.7. The lowest BCUT2D eigenvalue weighted by molar-refractivity contribution is -0.127. The SMILES string of the molecule is CC(C)(C)OC(=O)NCCSSCCN1CC(CCl)CC1=O. The van der Waals surface area contributed by atoms with E-state index in [9.17, 15) is 9.59 Å². The third kappa shape index (κ3) is 8.39. The number of carbonyl (C=O) groups is 2. The van der Waals surface area contributed by atoms with Crippen molar-refractivity contribution in [2.75, 3.05) is 37.0 Å². The van der Waals surface area contributed by atoms with Gasteiger partial charge in [-0.15, -0.1) is 11.6 Å². The monoisotopic (exact) mass is 368 g/mol. The van der Waals surface area contributed by atoms with Gasteiger partial charge >= 0.3 is 6.09 Å². The zero-order chi connectivity index (χ0) is 16.6. The molecule has 0 saturated carbocycles. The average molecular weight is 369 g/mol. The number of ether oxygens (including phenoxy) is 1. The minimum absolute atomic E-state index is 0.211. The van der Waals surface area contributed by atoms with Crippen LogP contribution in [0.1, 0.15) is 27.2 Å². The molecule has 1 aliphatic heterocycles. The number of nitrogens with zero attached hydrogens (tertiary/aromatic N) is 1. The highest BCUT2D eigenvalue weighted by Crippen LogP contribution is 2.23. The lowest BCUT2D eigenvalue weighted by Crippen LogP contribution is -2.33. The molecule has 1 heterocycles. The fraction of sp³-hybridized carbons (Fsp3) is 0.857. The summed E-state index contributed by atoms with van der Waals surface area (Å²) in [4.78, 5) is 25.0. The van der Waals surface area contributed by atoms with Crippen LogP contribution in [-0.2, 0) is 9.53 Å². The number of likely N-dealkylation sites (tertiary alicyclic amines) is 1. The molecule has 1 rings (SSSR count). The highest BCUT2D eigenvalue weighted by Gasteiger charge is 2.28. The van der Waals surface area contributed by atoms with Crippen LogP contribution in [0.2, 0.25) is 0 Å². The first-order valence-electron chi connectivity index (χ1n) is 7.37. The number of alkyl halides is 1. The minimum atomic E-state index is -0.463. The number of nitrogens with one attached hydrogen (secondary N) is 1. The summed E-state index contributed by atoms with van der Waals surface area (Å²) >= 11 is 5.79. The summed E-state index contributed by atoms with van der Waals surface area (Å²) in [6.45, 7) is 7.64. The minimum Gasteiger partial charge on any atom is -0.444 e. The molecule has 1 N–H and O–H groups in total. The third-order valence-corrected chi connectivity index (χ3v) is 5.72. The van der Waals surface area contributed by atoms with Gasteiger partial charge < -0.3 is 15.0 Å².